The molecule has 1 aromatic heterocycles. The Morgan fingerprint density at radius 2 is 1.80 bits per heavy atom. The molecule has 4 rings (SSSR count). The summed E-state index contributed by atoms with van der Waals surface area (Å²) in [6.45, 7) is 0. The summed E-state index contributed by atoms with van der Waals surface area (Å²) in [5, 5.41) is 5.30. The second-order valence-electron chi connectivity index (χ2n) is 7.27. The van der Waals surface area contributed by atoms with Gasteiger partial charge in [0.15, 0.2) is 0 Å². The highest BCUT2D eigenvalue weighted by molar-refractivity contribution is 7.21. The minimum absolute atomic E-state index is 0.0169. The van der Waals surface area contributed by atoms with Crippen LogP contribution in [0.2, 0.25) is 5.02 Å². The summed E-state index contributed by atoms with van der Waals surface area (Å²) in [5.41, 5.74) is 3.41. The highest BCUT2D eigenvalue weighted by Gasteiger charge is 2.20. The van der Waals surface area contributed by atoms with Gasteiger partial charge in [0.25, 0.3) is 0 Å². The van der Waals surface area contributed by atoms with Crippen molar-refractivity contribution in [2.45, 2.75) is 32.1 Å². The molecule has 1 aliphatic rings. The van der Waals surface area contributed by atoms with E-state index in [0.29, 0.717) is 15.6 Å². The Balaban J connectivity index is 1.35. The number of carbonyl (C=O) groups excluding carboxylic acids is 2. The summed E-state index contributed by atoms with van der Waals surface area (Å²) in [6.07, 6.45) is 6.87. The van der Waals surface area contributed by atoms with Crippen molar-refractivity contribution in [3.63, 3.8) is 0 Å². The molecule has 0 bridgehead atoms. The van der Waals surface area contributed by atoms with E-state index in [-0.39, 0.29) is 11.8 Å². The van der Waals surface area contributed by atoms with Gasteiger partial charge in [-0.1, -0.05) is 49.1 Å². The molecule has 2 aromatic carbocycles. The quantitative estimate of drug-likeness (QED) is 0.236. The second-order valence-corrected chi connectivity index (χ2v) is 8.70. The van der Waals surface area contributed by atoms with Crippen molar-refractivity contribution < 1.29 is 14.3 Å². The van der Waals surface area contributed by atoms with Gasteiger partial charge in [0, 0.05) is 16.0 Å². The van der Waals surface area contributed by atoms with Gasteiger partial charge in [-0.2, -0.15) is 5.10 Å². The Hall–Kier alpha value is -2.70. The topological polar surface area (TPSA) is 67.8 Å². The van der Waals surface area contributed by atoms with Gasteiger partial charge in [-0.15, -0.1) is 11.3 Å². The lowest BCUT2D eigenvalue weighted by Crippen LogP contribution is -2.28. The molecule has 1 fully saturated rings. The smallest absolute Gasteiger partial charge is 0.355 e. The Bertz CT molecular complexity index is 1090. The van der Waals surface area contributed by atoms with Crippen molar-refractivity contribution in [1.82, 2.24) is 5.43 Å². The Kier molecular flexibility index (Phi) is 6.45. The van der Waals surface area contributed by atoms with Crippen LogP contribution in [0, 0.1) is 5.92 Å². The van der Waals surface area contributed by atoms with Crippen LogP contribution in [0.15, 0.2) is 53.6 Å². The highest BCUT2D eigenvalue weighted by atomic mass is 35.5. The third-order valence-corrected chi connectivity index (χ3v) is 6.83. The van der Waals surface area contributed by atoms with Crippen molar-refractivity contribution in [2.75, 3.05) is 0 Å². The Labute approximate surface area is 183 Å². The SMILES string of the molecule is O=C(Oc1ccc(/C=N/NC(=O)C2CCCCC2)cc1)c1sc2ccccc2c1Cl. The average molecular weight is 441 g/mol. The van der Waals surface area contributed by atoms with E-state index in [9.17, 15) is 9.59 Å². The third-order valence-electron chi connectivity index (χ3n) is 5.18. The minimum atomic E-state index is -0.484. The van der Waals surface area contributed by atoms with E-state index >= 15 is 0 Å². The van der Waals surface area contributed by atoms with Crippen LogP contribution in [-0.2, 0) is 4.79 Å². The first-order chi connectivity index (χ1) is 14.6. The number of hydrogen-bond donors (Lipinski definition) is 1. The van der Waals surface area contributed by atoms with Gasteiger partial charge in [0.1, 0.15) is 10.6 Å². The fourth-order valence-corrected chi connectivity index (χ4v) is 4.93. The molecule has 7 heteroatoms. The fraction of sp³-hybridized carbons (Fsp3) is 0.261. The van der Waals surface area contributed by atoms with E-state index in [2.05, 4.69) is 10.5 Å². The average Bonchev–Trinajstić information content (AvgIpc) is 3.12. The number of nitrogens with zero attached hydrogens (tertiary/aromatic N) is 1. The van der Waals surface area contributed by atoms with Crippen LogP contribution in [0.4, 0.5) is 0 Å². The molecule has 0 unspecified atom stereocenters. The van der Waals surface area contributed by atoms with E-state index in [1.807, 2.05) is 24.3 Å². The standard InChI is InChI=1S/C23H21ClN2O3S/c24-20-18-8-4-5-9-19(18)30-21(20)23(28)29-17-12-10-15(11-13-17)14-25-26-22(27)16-6-2-1-3-7-16/h4-5,8-14,16H,1-3,6-7H2,(H,26,27)/b25-14+. The van der Waals surface area contributed by atoms with E-state index in [1.54, 1.807) is 30.5 Å². The van der Waals surface area contributed by atoms with Crippen LogP contribution < -0.4 is 10.2 Å². The predicted octanol–water partition coefficient (Wildman–Crippen LogP) is 5.80. The second kappa shape index (κ2) is 9.41. The van der Waals surface area contributed by atoms with Gasteiger partial charge in [0.05, 0.1) is 11.2 Å². The number of hydrazone groups is 1. The summed E-state index contributed by atoms with van der Waals surface area (Å²) in [7, 11) is 0. The molecule has 3 aromatic rings. The van der Waals surface area contributed by atoms with Crippen molar-refractivity contribution in [2.24, 2.45) is 11.0 Å². The fourth-order valence-electron chi connectivity index (χ4n) is 3.55. The molecule has 154 valence electrons. The van der Waals surface area contributed by atoms with Crippen LogP contribution >= 0.6 is 22.9 Å². The van der Waals surface area contributed by atoms with Gasteiger partial charge in [-0.3, -0.25) is 4.79 Å². The van der Waals surface area contributed by atoms with Gasteiger partial charge in [0.2, 0.25) is 5.91 Å². The molecule has 0 radical (unpaired) electrons. The van der Waals surface area contributed by atoms with E-state index in [0.717, 1.165) is 41.3 Å². The highest BCUT2D eigenvalue weighted by Crippen LogP contribution is 2.35. The zero-order chi connectivity index (χ0) is 20.9. The zero-order valence-electron chi connectivity index (χ0n) is 16.3. The lowest BCUT2D eigenvalue weighted by Gasteiger charge is -2.19. The number of ether oxygens (including phenoxy) is 1. The number of carbonyl (C=O) groups is 2. The molecular formula is C23H21ClN2O3S. The number of thiophene rings is 1. The summed E-state index contributed by atoms with van der Waals surface area (Å²) >= 11 is 7.65. The molecule has 1 aliphatic carbocycles. The Morgan fingerprint density at radius 1 is 1.07 bits per heavy atom. The number of fused-ring (bicyclic) bond motifs is 1. The van der Waals surface area contributed by atoms with Crippen molar-refractivity contribution in [3.8, 4) is 5.75 Å². The number of hydrogen-bond acceptors (Lipinski definition) is 5. The molecular weight excluding hydrogens is 420 g/mol. The maximum absolute atomic E-state index is 12.5. The van der Waals surface area contributed by atoms with Crippen LogP contribution in [0.25, 0.3) is 10.1 Å². The molecule has 30 heavy (non-hydrogen) atoms. The zero-order valence-corrected chi connectivity index (χ0v) is 17.8. The molecule has 0 saturated heterocycles. The number of benzene rings is 2. The first kappa shape index (κ1) is 20.6. The molecule has 0 aliphatic heterocycles. The first-order valence-corrected chi connectivity index (χ1v) is 11.1. The maximum Gasteiger partial charge on any atom is 0.355 e. The van der Waals surface area contributed by atoms with Crippen LogP contribution in [0.3, 0.4) is 0 Å². The molecule has 1 saturated carbocycles. The van der Waals surface area contributed by atoms with Crippen molar-refractivity contribution in [3.05, 3.63) is 64.0 Å². The van der Waals surface area contributed by atoms with E-state index < -0.39 is 5.97 Å². The van der Waals surface area contributed by atoms with Crippen molar-refractivity contribution in [1.29, 1.82) is 0 Å². The van der Waals surface area contributed by atoms with Gasteiger partial charge in [-0.25, -0.2) is 10.2 Å². The van der Waals surface area contributed by atoms with E-state index in [1.165, 1.54) is 17.8 Å². The minimum Gasteiger partial charge on any atom is -0.422 e. The van der Waals surface area contributed by atoms with Crippen LogP contribution in [0.5, 0.6) is 5.75 Å². The molecule has 5 nitrogen and oxygen atoms in total. The van der Waals surface area contributed by atoms with Crippen molar-refractivity contribution >= 4 is 51.1 Å². The molecule has 0 atom stereocenters. The van der Waals surface area contributed by atoms with Gasteiger partial charge < -0.3 is 4.74 Å². The Morgan fingerprint density at radius 3 is 2.53 bits per heavy atom. The monoisotopic (exact) mass is 440 g/mol. The summed E-state index contributed by atoms with van der Waals surface area (Å²) in [6, 6.07) is 14.5. The predicted molar refractivity (Wildman–Crippen MR) is 121 cm³/mol. The molecule has 0 spiro atoms. The molecule has 1 heterocycles. The normalized spacial score (nSPS) is 14.8. The first-order valence-electron chi connectivity index (χ1n) is 9.94. The summed E-state index contributed by atoms with van der Waals surface area (Å²) < 4.78 is 6.40. The maximum atomic E-state index is 12.5. The largest absolute Gasteiger partial charge is 0.422 e. The van der Waals surface area contributed by atoms with Gasteiger partial charge in [-0.05, 0) is 48.7 Å². The number of rotatable bonds is 5. The third kappa shape index (κ3) is 4.71. The summed E-state index contributed by atoms with van der Waals surface area (Å²) in [5.74, 6) is -0.0191. The number of nitrogens with one attached hydrogen (secondary N) is 1. The van der Waals surface area contributed by atoms with E-state index in [4.69, 9.17) is 16.3 Å². The number of amides is 1. The number of esters is 1. The lowest BCUT2D eigenvalue weighted by atomic mass is 9.89. The van der Waals surface area contributed by atoms with Gasteiger partial charge >= 0.3 is 5.97 Å². The molecule has 1 amide bonds. The lowest BCUT2D eigenvalue weighted by molar-refractivity contribution is -0.125. The number of halogens is 1. The summed E-state index contributed by atoms with van der Waals surface area (Å²) in [4.78, 5) is 25.0. The van der Waals surface area contributed by atoms with Crippen LogP contribution in [-0.4, -0.2) is 18.1 Å². The molecule has 1 N–H and O–H groups in total. The van der Waals surface area contributed by atoms with Crippen LogP contribution in [0.1, 0.15) is 47.3 Å².